The summed E-state index contributed by atoms with van der Waals surface area (Å²) in [4.78, 5) is 0. The summed E-state index contributed by atoms with van der Waals surface area (Å²) < 4.78 is 10.7. The highest BCUT2D eigenvalue weighted by atomic mass is 16.7. The maximum Gasteiger partial charge on any atom is 0.231 e. The Kier molecular flexibility index (Phi) is 2.81. The van der Waals surface area contributed by atoms with Gasteiger partial charge in [0.15, 0.2) is 11.5 Å². The third-order valence-corrected chi connectivity index (χ3v) is 3.52. The molecule has 0 spiro atoms. The van der Waals surface area contributed by atoms with Gasteiger partial charge in [0.1, 0.15) is 0 Å². The molecule has 0 atom stereocenters. The second-order valence-electron chi connectivity index (χ2n) is 4.82. The lowest BCUT2D eigenvalue weighted by Gasteiger charge is -2.27. The third-order valence-electron chi connectivity index (χ3n) is 3.52. The topological polar surface area (TPSA) is 56.5 Å². The first-order valence-electron chi connectivity index (χ1n) is 6.23. The van der Waals surface area contributed by atoms with E-state index < -0.39 is 0 Å². The minimum absolute atomic E-state index is 0.330. The van der Waals surface area contributed by atoms with E-state index in [2.05, 4.69) is 5.32 Å². The first-order chi connectivity index (χ1) is 8.31. The lowest BCUT2D eigenvalue weighted by molar-refractivity contribution is 0.174. The molecule has 0 amide bonds. The molecule has 1 aromatic rings. The molecule has 17 heavy (non-hydrogen) atoms. The Morgan fingerprint density at radius 3 is 2.65 bits per heavy atom. The number of nitrogens with one attached hydrogen (secondary N) is 1. The van der Waals surface area contributed by atoms with Crippen LogP contribution in [0, 0.1) is 0 Å². The van der Waals surface area contributed by atoms with E-state index in [-0.39, 0.29) is 0 Å². The first-order valence-corrected chi connectivity index (χ1v) is 6.23. The molecule has 0 radical (unpaired) electrons. The van der Waals surface area contributed by atoms with Crippen molar-refractivity contribution in [2.24, 2.45) is 5.73 Å². The number of hydrogen-bond acceptors (Lipinski definition) is 4. The fourth-order valence-corrected chi connectivity index (χ4v) is 2.49. The van der Waals surface area contributed by atoms with E-state index in [1.165, 1.54) is 0 Å². The molecule has 3 N–H and O–H groups in total. The molecule has 1 fully saturated rings. The summed E-state index contributed by atoms with van der Waals surface area (Å²) in [5.74, 6) is 1.67. The van der Waals surface area contributed by atoms with Crippen molar-refractivity contribution in [3.63, 3.8) is 0 Å². The predicted octanol–water partition coefficient (Wildman–Crippen LogP) is 2.10. The standard InChI is InChI=1S/C13H18N2O2/c14-9-1-3-10(4-2-9)15-11-5-6-12-13(7-11)17-8-16-12/h5-7,9-10,15H,1-4,8,14H2. The molecule has 4 nitrogen and oxygen atoms in total. The molecule has 1 aliphatic carbocycles. The molecule has 1 aromatic carbocycles. The van der Waals surface area contributed by atoms with Crippen LogP contribution in [-0.2, 0) is 0 Å². The van der Waals surface area contributed by atoms with Gasteiger partial charge in [0, 0.05) is 23.8 Å². The summed E-state index contributed by atoms with van der Waals surface area (Å²) in [5, 5.41) is 3.54. The van der Waals surface area contributed by atoms with Crippen molar-refractivity contribution in [3.8, 4) is 11.5 Å². The molecule has 3 rings (SSSR count). The van der Waals surface area contributed by atoms with Crippen molar-refractivity contribution >= 4 is 5.69 Å². The summed E-state index contributed by atoms with van der Waals surface area (Å²) in [6.45, 7) is 0.330. The minimum atomic E-state index is 0.330. The predicted molar refractivity (Wildman–Crippen MR) is 66.4 cm³/mol. The summed E-state index contributed by atoms with van der Waals surface area (Å²) >= 11 is 0. The quantitative estimate of drug-likeness (QED) is 0.822. The number of nitrogens with two attached hydrogens (primary N) is 1. The van der Waals surface area contributed by atoms with Crippen LogP contribution in [-0.4, -0.2) is 18.9 Å². The summed E-state index contributed by atoms with van der Waals surface area (Å²) in [6, 6.07) is 6.94. The summed E-state index contributed by atoms with van der Waals surface area (Å²) in [7, 11) is 0. The molecule has 2 aliphatic rings. The fourth-order valence-electron chi connectivity index (χ4n) is 2.49. The molecule has 4 heteroatoms. The number of benzene rings is 1. The van der Waals surface area contributed by atoms with Gasteiger partial charge in [-0.1, -0.05) is 0 Å². The maximum atomic E-state index is 5.90. The molecular formula is C13H18N2O2. The Labute approximate surface area is 101 Å². The van der Waals surface area contributed by atoms with Gasteiger partial charge in [0.25, 0.3) is 0 Å². The Morgan fingerprint density at radius 2 is 1.82 bits per heavy atom. The number of anilines is 1. The fraction of sp³-hybridized carbons (Fsp3) is 0.538. The SMILES string of the molecule is NC1CCC(Nc2ccc3c(c2)OCO3)CC1. The zero-order valence-corrected chi connectivity index (χ0v) is 9.82. The Balaban J connectivity index is 1.65. The van der Waals surface area contributed by atoms with Gasteiger partial charge in [-0.3, -0.25) is 0 Å². The Morgan fingerprint density at radius 1 is 1.06 bits per heavy atom. The van der Waals surface area contributed by atoms with Gasteiger partial charge in [-0.15, -0.1) is 0 Å². The van der Waals surface area contributed by atoms with Crippen LogP contribution in [0.15, 0.2) is 18.2 Å². The molecule has 0 unspecified atom stereocenters. The normalized spacial score (nSPS) is 26.9. The highest BCUT2D eigenvalue weighted by molar-refractivity contribution is 5.56. The third kappa shape index (κ3) is 2.31. The van der Waals surface area contributed by atoms with Crippen LogP contribution in [0.3, 0.4) is 0 Å². The zero-order valence-electron chi connectivity index (χ0n) is 9.82. The van der Waals surface area contributed by atoms with Crippen LogP contribution in [0.1, 0.15) is 25.7 Å². The average molecular weight is 234 g/mol. The molecule has 1 saturated carbocycles. The van der Waals surface area contributed by atoms with Gasteiger partial charge in [-0.05, 0) is 37.8 Å². The largest absolute Gasteiger partial charge is 0.454 e. The van der Waals surface area contributed by atoms with Crippen LogP contribution in [0.4, 0.5) is 5.69 Å². The number of fused-ring (bicyclic) bond motifs is 1. The minimum Gasteiger partial charge on any atom is -0.454 e. The van der Waals surface area contributed by atoms with Crippen molar-refractivity contribution in [2.75, 3.05) is 12.1 Å². The number of ether oxygens (including phenoxy) is 2. The number of rotatable bonds is 2. The van der Waals surface area contributed by atoms with E-state index in [1.54, 1.807) is 0 Å². The van der Waals surface area contributed by atoms with Gasteiger partial charge in [-0.2, -0.15) is 0 Å². The van der Waals surface area contributed by atoms with Gasteiger partial charge in [-0.25, -0.2) is 0 Å². The molecule has 92 valence electrons. The lowest BCUT2D eigenvalue weighted by Crippen LogP contribution is -2.32. The van der Waals surface area contributed by atoms with E-state index >= 15 is 0 Å². The van der Waals surface area contributed by atoms with Crippen molar-refractivity contribution in [1.82, 2.24) is 0 Å². The van der Waals surface area contributed by atoms with Crippen LogP contribution in [0.2, 0.25) is 0 Å². The first kappa shape index (κ1) is 10.7. The summed E-state index contributed by atoms with van der Waals surface area (Å²) in [5.41, 5.74) is 7.01. The molecular weight excluding hydrogens is 216 g/mol. The monoisotopic (exact) mass is 234 g/mol. The van der Waals surface area contributed by atoms with E-state index in [1.807, 2.05) is 18.2 Å². The van der Waals surface area contributed by atoms with Crippen LogP contribution in [0.25, 0.3) is 0 Å². The van der Waals surface area contributed by atoms with Gasteiger partial charge >= 0.3 is 0 Å². The van der Waals surface area contributed by atoms with Gasteiger partial charge in [0.2, 0.25) is 6.79 Å². The molecule has 1 aliphatic heterocycles. The van der Waals surface area contributed by atoms with E-state index in [9.17, 15) is 0 Å². The van der Waals surface area contributed by atoms with Crippen molar-refractivity contribution in [2.45, 2.75) is 37.8 Å². The molecule has 0 bridgehead atoms. The highest BCUT2D eigenvalue weighted by Crippen LogP contribution is 2.35. The Bertz CT molecular complexity index is 400. The Hall–Kier alpha value is -1.42. The van der Waals surface area contributed by atoms with E-state index in [0.29, 0.717) is 18.9 Å². The van der Waals surface area contributed by atoms with Crippen molar-refractivity contribution in [3.05, 3.63) is 18.2 Å². The molecule has 0 aromatic heterocycles. The molecule has 1 heterocycles. The molecule has 0 saturated heterocycles. The smallest absolute Gasteiger partial charge is 0.231 e. The van der Waals surface area contributed by atoms with Gasteiger partial charge < -0.3 is 20.5 Å². The van der Waals surface area contributed by atoms with Crippen molar-refractivity contribution in [1.29, 1.82) is 0 Å². The van der Waals surface area contributed by atoms with Gasteiger partial charge in [0.05, 0.1) is 0 Å². The summed E-state index contributed by atoms with van der Waals surface area (Å²) in [6.07, 6.45) is 4.52. The highest BCUT2D eigenvalue weighted by Gasteiger charge is 2.19. The second-order valence-corrected chi connectivity index (χ2v) is 4.82. The zero-order chi connectivity index (χ0) is 11.7. The van der Waals surface area contributed by atoms with Crippen LogP contribution >= 0.6 is 0 Å². The van der Waals surface area contributed by atoms with Crippen LogP contribution < -0.4 is 20.5 Å². The second kappa shape index (κ2) is 4.45. The van der Waals surface area contributed by atoms with Crippen LogP contribution in [0.5, 0.6) is 11.5 Å². The lowest BCUT2D eigenvalue weighted by atomic mass is 9.91. The van der Waals surface area contributed by atoms with E-state index in [0.717, 1.165) is 42.9 Å². The van der Waals surface area contributed by atoms with Crippen molar-refractivity contribution < 1.29 is 9.47 Å². The van der Waals surface area contributed by atoms with E-state index in [4.69, 9.17) is 15.2 Å². The maximum absolute atomic E-state index is 5.90. The average Bonchev–Trinajstić information content (AvgIpc) is 2.79. The number of hydrogen-bond donors (Lipinski definition) is 2.